The van der Waals surface area contributed by atoms with Gasteiger partial charge in [-0.15, -0.1) is 0 Å². The van der Waals surface area contributed by atoms with Crippen LogP contribution in [0, 0.1) is 54.1 Å². The van der Waals surface area contributed by atoms with E-state index in [2.05, 4.69) is 48.8 Å². The van der Waals surface area contributed by atoms with E-state index in [-0.39, 0.29) is 69.0 Å². The monoisotopic (exact) mass is 1230 g/mol. The number of aromatic nitrogens is 4. The van der Waals surface area contributed by atoms with Crippen LogP contribution in [-0.2, 0) is 45.2 Å². The number of carbonyl (C=O) groups is 2. The molecule has 0 aliphatic carbocycles. The summed E-state index contributed by atoms with van der Waals surface area (Å²) in [6.45, 7) is 14.3. The normalized spacial score (nSPS) is 16.7. The topological polar surface area (TPSA) is 237 Å². The smallest absolute Gasteiger partial charge is 0.251 e. The van der Waals surface area contributed by atoms with Crippen molar-refractivity contribution in [2.45, 2.75) is 71.0 Å². The maximum absolute atomic E-state index is 16.2. The van der Waals surface area contributed by atoms with Gasteiger partial charge in [-0.3, -0.25) is 14.6 Å². The lowest BCUT2D eigenvalue weighted by molar-refractivity contribution is -0.118. The second kappa shape index (κ2) is 31.1. The van der Waals surface area contributed by atoms with Gasteiger partial charge >= 0.3 is 0 Å². The molecule has 19 nitrogen and oxygen atoms in total. The number of benzene rings is 3. The fourth-order valence-electron chi connectivity index (χ4n) is 10.2. The van der Waals surface area contributed by atoms with Crippen molar-refractivity contribution in [1.82, 2.24) is 30.2 Å². The summed E-state index contributed by atoms with van der Waals surface area (Å²) in [7, 11) is 3.01. The Bertz CT molecular complexity index is 3410. The number of anilines is 2. The van der Waals surface area contributed by atoms with E-state index in [1.807, 2.05) is 45.4 Å². The summed E-state index contributed by atoms with van der Waals surface area (Å²) in [5.41, 5.74) is 7.87. The number of aryl methyl sites for hydroxylation is 1. The number of halogens is 5. The fraction of sp³-hybridized carbons (Fsp3) is 0.443. The van der Waals surface area contributed by atoms with E-state index < -0.39 is 52.3 Å². The summed E-state index contributed by atoms with van der Waals surface area (Å²) < 4.78 is 78.9. The van der Waals surface area contributed by atoms with Crippen molar-refractivity contribution in [3.05, 3.63) is 133 Å². The van der Waals surface area contributed by atoms with Gasteiger partial charge in [0, 0.05) is 58.2 Å². The molecule has 1 aliphatic heterocycles. The second-order valence-electron chi connectivity index (χ2n) is 21.1. The van der Waals surface area contributed by atoms with Crippen molar-refractivity contribution in [2.75, 3.05) is 111 Å². The molecule has 454 valence electrons. The molecule has 1 aliphatic rings. The zero-order valence-electron chi connectivity index (χ0n) is 48.5. The molecule has 3 aromatic heterocycles. The van der Waals surface area contributed by atoms with E-state index in [1.165, 1.54) is 55.6 Å². The molecule has 0 bridgehead atoms. The molecule has 4 unspecified atom stereocenters. The quantitative estimate of drug-likeness (QED) is 0.0195. The first-order valence-electron chi connectivity index (χ1n) is 27.4. The minimum Gasteiger partial charge on any atom is -0.496 e. The van der Waals surface area contributed by atoms with Crippen molar-refractivity contribution in [3.63, 3.8) is 0 Å². The lowest BCUT2D eigenvalue weighted by Crippen LogP contribution is -2.45. The molecule has 6 aromatic rings. The summed E-state index contributed by atoms with van der Waals surface area (Å²) >= 11 is 19.0. The molecule has 24 heteroatoms. The first-order valence-corrected chi connectivity index (χ1v) is 28.5. The number of nitrogens with one attached hydrogen (secondary N) is 3. The zero-order valence-corrected chi connectivity index (χ0v) is 50.7. The molecule has 7 rings (SSSR count). The summed E-state index contributed by atoms with van der Waals surface area (Å²) in [6.07, 6.45) is 3.91. The number of fused-ring (bicyclic) bond motifs is 1. The lowest BCUT2D eigenvalue weighted by Gasteiger charge is -2.37. The number of hydrogen-bond acceptors (Lipinski definition) is 16. The molecule has 85 heavy (non-hydrogen) atoms. The van der Waals surface area contributed by atoms with Gasteiger partial charge in [-0.2, -0.15) is 10.2 Å². The van der Waals surface area contributed by atoms with E-state index >= 15 is 8.78 Å². The van der Waals surface area contributed by atoms with Gasteiger partial charge in [0.15, 0.2) is 0 Å². The number of carbonyl (C=O) groups excluding carboxylic acids is 2. The zero-order chi connectivity index (χ0) is 61.3. The molecule has 0 radical (unpaired) electrons. The van der Waals surface area contributed by atoms with Crippen LogP contribution in [0.3, 0.4) is 0 Å². The van der Waals surface area contributed by atoms with Crippen LogP contribution < -0.4 is 31.2 Å². The molecule has 3 aromatic carbocycles. The number of nitrogens with two attached hydrogens (primary N) is 1. The number of methoxy groups -OCH3 is 2. The van der Waals surface area contributed by atoms with Crippen LogP contribution in [0.5, 0.6) is 11.5 Å². The Morgan fingerprint density at radius 2 is 1.52 bits per heavy atom. The highest BCUT2D eigenvalue weighted by atomic mass is 35.5. The summed E-state index contributed by atoms with van der Waals surface area (Å²) in [5.74, 6) is 3.13. The molecule has 2 amide bonds. The summed E-state index contributed by atoms with van der Waals surface area (Å²) in [5, 5.41) is 20.8. The Kier molecular flexibility index (Phi) is 24.1. The Labute approximate surface area is 508 Å². The van der Waals surface area contributed by atoms with Crippen LogP contribution in [0.4, 0.5) is 20.4 Å². The fourth-order valence-corrected chi connectivity index (χ4v) is 10.8. The number of rotatable bonds is 29. The maximum atomic E-state index is 16.2. The first-order chi connectivity index (χ1) is 40.8. The van der Waals surface area contributed by atoms with Gasteiger partial charge in [0.1, 0.15) is 46.0 Å². The summed E-state index contributed by atoms with van der Waals surface area (Å²) in [4.78, 5) is 40.9. The third kappa shape index (κ3) is 16.8. The van der Waals surface area contributed by atoms with Gasteiger partial charge in [-0.1, -0.05) is 85.6 Å². The maximum Gasteiger partial charge on any atom is 0.251 e. The average molecular weight is 1230 g/mol. The Hall–Kier alpha value is -6.73. The lowest BCUT2D eigenvalue weighted by atomic mass is 9.62. The highest BCUT2D eigenvalue weighted by molar-refractivity contribution is 6.34. The number of amides is 2. The van der Waals surface area contributed by atoms with Crippen LogP contribution in [0.25, 0.3) is 11.0 Å². The van der Waals surface area contributed by atoms with Crippen LogP contribution in [-0.4, -0.2) is 143 Å². The molecule has 1 fully saturated rings. The molecule has 0 spiro atoms. The van der Waals surface area contributed by atoms with Crippen molar-refractivity contribution < 1.29 is 56.3 Å². The molecule has 4 heterocycles. The first kappa shape index (κ1) is 65.8. The van der Waals surface area contributed by atoms with Crippen molar-refractivity contribution >= 4 is 69.3 Å². The predicted molar refractivity (Wildman–Crippen MR) is 320 cm³/mol. The molecule has 1 saturated heterocycles. The average Bonchev–Trinajstić information content (AvgIpc) is 1.76. The number of hydrogen-bond donors (Lipinski definition) is 4. The van der Waals surface area contributed by atoms with Crippen molar-refractivity contribution in [1.29, 1.82) is 5.26 Å². The second-order valence-corrected chi connectivity index (χ2v) is 22.3. The van der Waals surface area contributed by atoms with E-state index in [0.717, 1.165) is 28.6 Å². The third-order valence-electron chi connectivity index (χ3n) is 14.0. The minimum atomic E-state index is -1.82. The molecule has 4 atom stereocenters. The van der Waals surface area contributed by atoms with Gasteiger partial charge in [-0.05, 0) is 67.6 Å². The van der Waals surface area contributed by atoms with E-state index in [9.17, 15) is 14.9 Å². The minimum absolute atomic E-state index is 0.0481. The van der Waals surface area contributed by atoms with Crippen LogP contribution in [0.2, 0.25) is 15.2 Å². The van der Waals surface area contributed by atoms with Crippen LogP contribution >= 0.6 is 34.8 Å². The molecule has 5 N–H and O–H groups in total. The van der Waals surface area contributed by atoms with E-state index in [4.69, 9.17) is 78.4 Å². The largest absolute Gasteiger partial charge is 0.496 e. The molecular formula is C61H70Cl3F2N9O10. The molecule has 0 saturated carbocycles. The Morgan fingerprint density at radius 1 is 0.859 bits per heavy atom. The number of nitriles is 1. The van der Waals surface area contributed by atoms with Gasteiger partial charge < -0.3 is 64.1 Å². The van der Waals surface area contributed by atoms with Gasteiger partial charge in [0.25, 0.3) is 5.91 Å². The standard InChI is InChI=1S/C61H70Cl3F2N9O10/c1-37-33-70-47(38(2)54(37)79-7)35-75-34-40(50-55(64)73-59(68)74-56(50)75)10-9-18-80-20-22-82-24-26-84-28-29-85-27-25-83-23-21-81-19-17-69-57(76)39-13-16-46(48(30-39)78-6)71-58(77)53-51(42-11-8-12-44(63)52(42)66)61(36-67,49(72-53)32-60(3,4)5)43-15-14-41(62)31-45(43)65/h8,11-16,30-31,33-34,49,51,53,72H,17-29,32,35H2,1-7H3,(H,69,76)(H,71,77)(H2,68,73,74). The van der Waals surface area contributed by atoms with Gasteiger partial charge in [-0.25, -0.2) is 13.8 Å². The van der Waals surface area contributed by atoms with Crippen LogP contribution in [0.1, 0.15) is 77.0 Å². The van der Waals surface area contributed by atoms with Crippen molar-refractivity contribution in [3.8, 4) is 29.4 Å². The van der Waals surface area contributed by atoms with E-state index in [0.29, 0.717) is 95.6 Å². The summed E-state index contributed by atoms with van der Waals surface area (Å²) in [6, 6.07) is 12.9. The highest BCUT2D eigenvalue weighted by Gasteiger charge is 2.61. The number of nitrogens with zero attached hydrogens (tertiary/aromatic N) is 5. The number of ether oxygens (including phenoxy) is 8. The van der Waals surface area contributed by atoms with Crippen molar-refractivity contribution in [2.24, 2.45) is 5.41 Å². The Balaban J connectivity index is 0.754. The number of nitrogen functional groups attached to an aromatic ring is 1. The predicted octanol–water partition coefficient (Wildman–Crippen LogP) is 9.17. The van der Waals surface area contributed by atoms with E-state index in [1.54, 1.807) is 13.3 Å². The highest BCUT2D eigenvalue weighted by Crippen LogP contribution is 2.53. The van der Waals surface area contributed by atoms with Gasteiger partial charge in [0.2, 0.25) is 11.9 Å². The SMILES string of the molecule is COc1cc(C(=O)NCCOCCOCCOCCOCCOCCOCC#Cc2cn(Cc3ncc(C)c(OC)c3C)c3nc(N)nc(Cl)c23)ccc1NC(=O)C1NC(CC(C)(C)C)C(C#N)(c2ccc(Cl)cc2F)C1c1cccc(Cl)c1F. The van der Waals surface area contributed by atoms with Gasteiger partial charge in [0.05, 0.1) is 133 Å². The molecular weight excluding hydrogens is 1160 g/mol. The Morgan fingerprint density at radius 3 is 2.14 bits per heavy atom. The third-order valence-corrected chi connectivity index (χ3v) is 14.8. The van der Waals surface area contributed by atoms with Crippen LogP contribution in [0.15, 0.2) is 67.0 Å². The number of pyridine rings is 1.